The molecule has 10 heavy (non-hydrogen) atoms. The molecule has 0 atom stereocenters. The van der Waals surface area contributed by atoms with Crippen molar-refractivity contribution in [2.24, 2.45) is 0 Å². The lowest BCUT2D eigenvalue weighted by molar-refractivity contribution is 0.469. The molecule has 0 aliphatic heterocycles. The molecule has 0 saturated carbocycles. The van der Waals surface area contributed by atoms with Crippen LogP contribution in [-0.2, 0) is 6.42 Å². The van der Waals surface area contributed by atoms with E-state index in [4.69, 9.17) is 0 Å². The van der Waals surface area contributed by atoms with Crippen molar-refractivity contribution in [1.29, 1.82) is 0 Å². The van der Waals surface area contributed by atoms with E-state index in [1.807, 2.05) is 12.1 Å². The third-order valence-electron chi connectivity index (χ3n) is 1.95. The van der Waals surface area contributed by atoms with Crippen LogP contribution in [0, 0.1) is 6.42 Å². The first kappa shape index (κ1) is 5.78. The molecule has 1 aliphatic rings. The highest BCUT2D eigenvalue weighted by atomic mass is 16.3. The van der Waals surface area contributed by atoms with Gasteiger partial charge >= 0.3 is 0 Å². The predicted octanol–water partition coefficient (Wildman–Crippen LogP) is 1.89. The van der Waals surface area contributed by atoms with E-state index >= 15 is 0 Å². The lowest BCUT2D eigenvalue weighted by Gasteiger charge is -1.99. The Morgan fingerprint density at radius 1 is 1.30 bits per heavy atom. The maximum atomic E-state index is 9.31. The first-order valence-electron chi connectivity index (χ1n) is 3.52. The Labute approximate surface area is 60.3 Å². The summed E-state index contributed by atoms with van der Waals surface area (Å²) in [5, 5.41) is 9.31. The van der Waals surface area contributed by atoms with E-state index < -0.39 is 0 Å². The number of rotatable bonds is 0. The number of phenolic OH excluding ortho intramolecular Hbond substituents is 1. The molecule has 2 rings (SSSR count). The van der Waals surface area contributed by atoms with Crippen LogP contribution in [0.2, 0.25) is 0 Å². The molecule has 0 fully saturated rings. The molecule has 0 heterocycles. The molecule has 1 nitrogen and oxygen atoms in total. The van der Waals surface area contributed by atoms with E-state index in [1.165, 1.54) is 5.56 Å². The van der Waals surface area contributed by atoms with Crippen LogP contribution >= 0.6 is 0 Å². The molecule has 1 heteroatoms. The van der Waals surface area contributed by atoms with Gasteiger partial charge in [-0.25, -0.2) is 0 Å². The predicted molar refractivity (Wildman–Crippen MR) is 39.8 cm³/mol. The topological polar surface area (TPSA) is 20.2 Å². The van der Waals surface area contributed by atoms with Crippen LogP contribution in [-0.4, -0.2) is 5.11 Å². The zero-order chi connectivity index (χ0) is 6.97. The van der Waals surface area contributed by atoms with E-state index in [-0.39, 0.29) is 0 Å². The second kappa shape index (κ2) is 2.01. The minimum Gasteiger partial charge on any atom is -0.508 e. The van der Waals surface area contributed by atoms with Crippen molar-refractivity contribution in [2.75, 3.05) is 0 Å². The third kappa shape index (κ3) is 0.703. The minimum atomic E-state index is 0.450. The van der Waals surface area contributed by atoms with Crippen LogP contribution in [0.15, 0.2) is 18.2 Å². The minimum absolute atomic E-state index is 0.450. The number of fused-ring (bicyclic) bond motifs is 1. The van der Waals surface area contributed by atoms with Crippen molar-refractivity contribution < 1.29 is 5.11 Å². The zero-order valence-electron chi connectivity index (χ0n) is 5.67. The average molecular weight is 133 g/mol. The van der Waals surface area contributed by atoms with Gasteiger partial charge < -0.3 is 5.11 Å². The summed E-state index contributed by atoms with van der Waals surface area (Å²) in [5.41, 5.74) is 2.32. The maximum absolute atomic E-state index is 9.31. The van der Waals surface area contributed by atoms with Gasteiger partial charge in [0.25, 0.3) is 0 Å². The fourth-order valence-corrected chi connectivity index (χ4v) is 1.43. The summed E-state index contributed by atoms with van der Waals surface area (Å²) in [6.07, 6.45) is 4.24. The van der Waals surface area contributed by atoms with Gasteiger partial charge in [0.15, 0.2) is 0 Å². The van der Waals surface area contributed by atoms with Gasteiger partial charge in [-0.15, -0.1) is 0 Å². The highest BCUT2D eigenvalue weighted by Gasteiger charge is 2.12. The molecule has 0 spiro atoms. The Balaban J connectivity index is 2.59. The molecule has 0 unspecified atom stereocenters. The van der Waals surface area contributed by atoms with Gasteiger partial charge in [0.1, 0.15) is 5.75 Å². The van der Waals surface area contributed by atoms with Crippen LogP contribution in [0.25, 0.3) is 0 Å². The molecule has 0 amide bonds. The van der Waals surface area contributed by atoms with Gasteiger partial charge in [-0.1, -0.05) is 12.1 Å². The second-order valence-electron chi connectivity index (χ2n) is 2.59. The van der Waals surface area contributed by atoms with Crippen molar-refractivity contribution in [3.8, 4) is 5.75 Å². The summed E-state index contributed by atoms with van der Waals surface area (Å²) >= 11 is 0. The number of hydrogen-bond donors (Lipinski definition) is 1. The molecule has 51 valence electrons. The Morgan fingerprint density at radius 2 is 2.20 bits per heavy atom. The molecule has 0 saturated heterocycles. The Hall–Kier alpha value is -0.980. The fourth-order valence-electron chi connectivity index (χ4n) is 1.43. The smallest absolute Gasteiger partial charge is 0.119 e. The van der Waals surface area contributed by atoms with Crippen LogP contribution in [0.1, 0.15) is 17.5 Å². The first-order valence-corrected chi connectivity index (χ1v) is 3.52. The normalized spacial score (nSPS) is 15.2. The van der Waals surface area contributed by atoms with E-state index in [0.717, 1.165) is 18.4 Å². The average Bonchev–Trinajstić information content (AvgIpc) is 2.36. The van der Waals surface area contributed by atoms with Gasteiger partial charge in [0, 0.05) is 0 Å². The van der Waals surface area contributed by atoms with Crippen LogP contribution in [0.4, 0.5) is 0 Å². The van der Waals surface area contributed by atoms with Crippen molar-refractivity contribution in [1.82, 2.24) is 0 Å². The zero-order valence-corrected chi connectivity index (χ0v) is 5.67. The van der Waals surface area contributed by atoms with Crippen LogP contribution < -0.4 is 0 Å². The first-order chi connectivity index (χ1) is 4.88. The highest BCUT2D eigenvalue weighted by Crippen LogP contribution is 2.30. The second-order valence-corrected chi connectivity index (χ2v) is 2.59. The standard InChI is InChI=1S/C9H9O/c10-9-6-2-4-7-3-1-5-8(7)9/h2-4,6,10H,1,5H2. The summed E-state index contributed by atoms with van der Waals surface area (Å²) in [6, 6.07) is 5.68. The molecule has 0 bridgehead atoms. The van der Waals surface area contributed by atoms with Crippen molar-refractivity contribution >= 4 is 0 Å². The summed E-state index contributed by atoms with van der Waals surface area (Å²) in [4.78, 5) is 0. The van der Waals surface area contributed by atoms with E-state index in [1.54, 1.807) is 6.07 Å². The third-order valence-corrected chi connectivity index (χ3v) is 1.95. The summed E-state index contributed by atoms with van der Waals surface area (Å²) in [5.74, 6) is 0.450. The molecule has 1 aromatic rings. The summed E-state index contributed by atoms with van der Waals surface area (Å²) < 4.78 is 0. The van der Waals surface area contributed by atoms with Gasteiger partial charge in [0.05, 0.1) is 0 Å². The lowest BCUT2D eigenvalue weighted by atomic mass is 10.1. The van der Waals surface area contributed by atoms with Gasteiger partial charge in [-0.05, 0) is 36.5 Å². The summed E-state index contributed by atoms with van der Waals surface area (Å²) in [7, 11) is 0. The van der Waals surface area contributed by atoms with E-state index in [0.29, 0.717) is 5.75 Å². The quantitative estimate of drug-likeness (QED) is 0.573. The molecular weight excluding hydrogens is 124 g/mol. The van der Waals surface area contributed by atoms with Gasteiger partial charge in [-0.3, -0.25) is 0 Å². The van der Waals surface area contributed by atoms with Crippen LogP contribution in [0.3, 0.4) is 0 Å². The largest absolute Gasteiger partial charge is 0.508 e. The Kier molecular flexibility index (Phi) is 1.16. The summed E-state index contributed by atoms with van der Waals surface area (Å²) in [6.45, 7) is 0. The van der Waals surface area contributed by atoms with Gasteiger partial charge in [0.2, 0.25) is 0 Å². The number of aromatic hydroxyl groups is 1. The van der Waals surface area contributed by atoms with Gasteiger partial charge in [-0.2, -0.15) is 0 Å². The Morgan fingerprint density at radius 3 is 3.00 bits per heavy atom. The number of phenols is 1. The highest BCUT2D eigenvalue weighted by molar-refractivity contribution is 5.46. The maximum Gasteiger partial charge on any atom is 0.119 e. The molecule has 1 N–H and O–H groups in total. The van der Waals surface area contributed by atoms with Crippen molar-refractivity contribution in [3.63, 3.8) is 0 Å². The lowest BCUT2D eigenvalue weighted by Crippen LogP contribution is -1.79. The van der Waals surface area contributed by atoms with E-state index in [9.17, 15) is 5.11 Å². The number of hydrogen-bond acceptors (Lipinski definition) is 1. The van der Waals surface area contributed by atoms with Crippen molar-refractivity contribution in [3.05, 3.63) is 35.7 Å². The molecule has 1 radical (unpaired) electrons. The van der Waals surface area contributed by atoms with Crippen LogP contribution in [0.5, 0.6) is 5.75 Å². The SMILES string of the molecule is Oc1cccc2c1CC[CH]2. The van der Waals surface area contributed by atoms with Crippen molar-refractivity contribution in [2.45, 2.75) is 12.8 Å². The molecule has 1 aliphatic carbocycles. The molecule has 1 aromatic carbocycles. The molecular formula is C9H9O. The number of benzene rings is 1. The fraction of sp³-hybridized carbons (Fsp3) is 0.222. The van der Waals surface area contributed by atoms with E-state index in [2.05, 4.69) is 6.42 Å². The molecule has 0 aromatic heterocycles. The monoisotopic (exact) mass is 133 g/mol. The Bertz CT molecular complexity index is 253.